The van der Waals surface area contributed by atoms with Crippen molar-refractivity contribution in [3.05, 3.63) is 71.0 Å². The lowest BCUT2D eigenvalue weighted by molar-refractivity contribution is -0.137. The van der Waals surface area contributed by atoms with Crippen LogP contribution in [0.25, 0.3) is 0 Å². The van der Waals surface area contributed by atoms with Crippen LogP contribution in [0.1, 0.15) is 41.9 Å². The van der Waals surface area contributed by atoms with Crippen LogP contribution in [0.5, 0.6) is 0 Å². The molecule has 1 saturated heterocycles. The maximum absolute atomic E-state index is 13.0. The number of hydrogen-bond acceptors (Lipinski definition) is 2. The van der Waals surface area contributed by atoms with Crippen molar-refractivity contribution in [1.29, 1.82) is 0 Å². The molecule has 4 rings (SSSR count). The van der Waals surface area contributed by atoms with E-state index in [1.54, 1.807) is 17.0 Å². The number of alkyl halides is 3. The molecule has 8 heteroatoms. The van der Waals surface area contributed by atoms with Crippen LogP contribution < -0.4 is 5.32 Å². The van der Waals surface area contributed by atoms with Gasteiger partial charge in [0.2, 0.25) is 11.8 Å². The van der Waals surface area contributed by atoms with E-state index in [1.807, 2.05) is 0 Å². The van der Waals surface area contributed by atoms with E-state index in [0.29, 0.717) is 38.9 Å². The number of rotatable bonds is 5. The quantitative estimate of drug-likeness (QED) is 0.685. The molecule has 0 bridgehead atoms. The van der Waals surface area contributed by atoms with Gasteiger partial charge in [-0.05, 0) is 60.6 Å². The van der Waals surface area contributed by atoms with Crippen LogP contribution in [0.2, 0.25) is 0 Å². The van der Waals surface area contributed by atoms with Gasteiger partial charge in [0.05, 0.1) is 5.56 Å². The van der Waals surface area contributed by atoms with E-state index in [1.165, 1.54) is 24.3 Å². The van der Waals surface area contributed by atoms with Gasteiger partial charge in [-0.3, -0.25) is 9.59 Å². The first-order chi connectivity index (χ1) is 15.2. The molecule has 2 amide bonds. The van der Waals surface area contributed by atoms with Gasteiger partial charge in [0.25, 0.3) is 0 Å². The summed E-state index contributed by atoms with van der Waals surface area (Å²) in [6, 6.07) is 11.0. The highest BCUT2D eigenvalue weighted by Crippen LogP contribution is 2.49. The summed E-state index contributed by atoms with van der Waals surface area (Å²) in [6.07, 6.45) is -2.59. The molecule has 2 atom stereocenters. The number of carbonyl (C=O) groups is 2. The Labute approximate surface area is 183 Å². The Hall–Kier alpha value is -2.90. The Morgan fingerprint density at radius 3 is 2.19 bits per heavy atom. The number of benzene rings is 2. The summed E-state index contributed by atoms with van der Waals surface area (Å²) in [5.41, 5.74) is 0.881. The van der Waals surface area contributed by atoms with E-state index in [-0.39, 0.29) is 35.4 Å². The molecule has 1 aliphatic carbocycles. The third-order valence-corrected chi connectivity index (χ3v) is 6.33. The van der Waals surface area contributed by atoms with E-state index in [4.69, 9.17) is 0 Å². The van der Waals surface area contributed by atoms with Crippen LogP contribution in [0.4, 0.5) is 17.6 Å². The van der Waals surface area contributed by atoms with E-state index in [0.717, 1.165) is 23.3 Å². The molecule has 2 unspecified atom stereocenters. The Balaban J connectivity index is 1.23. The molecular formula is C24H24F4N2O2. The first-order valence-electron chi connectivity index (χ1n) is 10.7. The minimum absolute atomic E-state index is 0.0140. The van der Waals surface area contributed by atoms with Gasteiger partial charge in [0.15, 0.2) is 0 Å². The maximum Gasteiger partial charge on any atom is 0.416 e. The second kappa shape index (κ2) is 8.92. The number of halogens is 4. The van der Waals surface area contributed by atoms with Crippen LogP contribution >= 0.6 is 0 Å². The number of amides is 2. The van der Waals surface area contributed by atoms with Gasteiger partial charge in [-0.15, -0.1) is 0 Å². The molecule has 2 fully saturated rings. The zero-order valence-corrected chi connectivity index (χ0v) is 17.4. The van der Waals surface area contributed by atoms with Crippen molar-refractivity contribution in [1.82, 2.24) is 10.2 Å². The molecular weight excluding hydrogens is 424 g/mol. The third kappa shape index (κ3) is 5.11. The molecule has 1 heterocycles. The summed E-state index contributed by atoms with van der Waals surface area (Å²) in [4.78, 5) is 27.0. The molecule has 0 spiro atoms. The monoisotopic (exact) mass is 448 g/mol. The summed E-state index contributed by atoms with van der Waals surface area (Å²) < 4.78 is 51.1. The maximum atomic E-state index is 13.0. The van der Waals surface area contributed by atoms with Crippen LogP contribution in [-0.4, -0.2) is 29.8 Å². The van der Waals surface area contributed by atoms with E-state index in [9.17, 15) is 27.2 Å². The fourth-order valence-electron chi connectivity index (χ4n) is 4.29. The molecule has 0 radical (unpaired) electrons. The van der Waals surface area contributed by atoms with Gasteiger partial charge in [-0.25, -0.2) is 4.39 Å². The van der Waals surface area contributed by atoms with Crippen molar-refractivity contribution in [2.45, 2.75) is 37.9 Å². The van der Waals surface area contributed by atoms with Gasteiger partial charge >= 0.3 is 6.18 Å². The van der Waals surface area contributed by atoms with Gasteiger partial charge in [0.1, 0.15) is 5.82 Å². The zero-order valence-electron chi connectivity index (χ0n) is 17.4. The zero-order chi connectivity index (χ0) is 22.9. The average molecular weight is 448 g/mol. The summed E-state index contributed by atoms with van der Waals surface area (Å²) in [7, 11) is 0. The van der Waals surface area contributed by atoms with Gasteiger partial charge in [-0.1, -0.05) is 24.3 Å². The predicted octanol–water partition coefficient (Wildman–Crippen LogP) is 4.50. The largest absolute Gasteiger partial charge is 0.416 e. The molecule has 1 saturated carbocycles. The highest BCUT2D eigenvalue weighted by atomic mass is 19.4. The van der Waals surface area contributed by atoms with Crippen molar-refractivity contribution in [3.63, 3.8) is 0 Å². The van der Waals surface area contributed by atoms with Crippen molar-refractivity contribution in [2.24, 2.45) is 11.8 Å². The Morgan fingerprint density at radius 1 is 0.969 bits per heavy atom. The lowest BCUT2D eigenvalue weighted by atomic mass is 9.95. The number of nitrogens with one attached hydrogen (secondary N) is 1. The second-order valence-corrected chi connectivity index (χ2v) is 8.51. The normalized spacial score (nSPS) is 21.3. The third-order valence-electron chi connectivity index (χ3n) is 6.33. The Morgan fingerprint density at radius 2 is 1.59 bits per heavy atom. The fraction of sp³-hybridized carbons (Fsp3) is 0.417. The van der Waals surface area contributed by atoms with E-state index >= 15 is 0 Å². The first-order valence-corrected chi connectivity index (χ1v) is 10.7. The molecule has 1 aliphatic heterocycles. The second-order valence-electron chi connectivity index (χ2n) is 8.51. The lowest BCUT2D eigenvalue weighted by Gasteiger charge is -2.31. The number of nitrogens with zero attached hydrogens (tertiary/aromatic N) is 1. The number of hydrogen-bond donors (Lipinski definition) is 1. The summed E-state index contributed by atoms with van der Waals surface area (Å²) in [5, 5.41) is 2.87. The summed E-state index contributed by atoms with van der Waals surface area (Å²) >= 11 is 0. The Bertz CT molecular complexity index is 965. The topological polar surface area (TPSA) is 49.4 Å². The number of carbonyl (C=O) groups excluding carboxylic acids is 2. The first kappa shape index (κ1) is 22.3. The van der Waals surface area contributed by atoms with Gasteiger partial charge < -0.3 is 10.2 Å². The van der Waals surface area contributed by atoms with Crippen LogP contribution in [0, 0.1) is 17.7 Å². The SMILES string of the molecule is O=C(NCc1ccc(F)cc1)C1CCN(C(=O)C2CC2c2ccc(C(F)(F)F)cc2)CC1. The van der Waals surface area contributed by atoms with Crippen molar-refractivity contribution in [3.8, 4) is 0 Å². The molecule has 2 aromatic rings. The van der Waals surface area contributed by atoms with Crippen LogP contribution in [0.3, 0.4) is 0 Å². The van der Waals surface area contributed by atoms with Crippen molar-refractivity contribution in [2.75, 3.05) is 13.1 Å². The molecule has 32 heavy (non-hydrogen) atoms. The molecule has 2 aliphatic rings. The van der Waals surface area contributed by atoms with Crippen molar-refractivity contribution >= 4 is 11.8 Å². The van der Waals surface area contributed by atoms with E-state index < -0.39 is 11.7 Å². The molecule has 0 aromatic heterocycles. The van der Waals surface area contributed by atoms with Crippen LogP contribution in [0.15, 0.2) is 48.5 Å². The highest BCUT2D eigenvalue weighted by molar-refractivity contribution is 5.84. The van der Waals surface area contributed by atoms with Gasteiger partial charge in [-0.2, -0.15) is 13.2 Å². The smallest absolute Gasteiger partial charge is 0.352 e. The highest BCUT2D eigenvalue weighted by Gasteiger charge is 2.46. The summed E-state index contributed by atoms with van der Waals surface area (Å²) in [6.45, 7) is 1.31. The lowest BCUT2D eigenvalue weighted by Crippen LogP contribution is -2.43. The van der Waals surface area contributed by atoms with Crippen LogP contribution in [-0.2, 0) is 22.3 Å². The molecule has 2 aromatic carbocycles. The minimum atomic E-state index is -4.37. The van der Waals surface area contributed by atoms with Gasteiger partial charge in [0, 0.05) is 31.5 Å². The molecule has 170 valence electrons. The van der Waals surface area contributed by atoms with Crippen molar-refractivity contribution < 1.29 is 27.2 Å². The summed E-state index contributed by atoms with van der Waals surface area (Å²) in [5.74, 6) is -0.801. The minimum Gasteiger partial charge on any atom is -0.352 e. The standard InChI is InChI=1S/C24H24F4N2O2/c25-19-7-1-15(2-8-19)14-29-22(31)17-9-11-30(12-10-17)23(32)21-13-20(21)16-3-5-18(6-4-16)24(26,27)28/h1-8,17,20-21H,9-14H2,(H,29,31). The number of likely N-dealkylation sites (tertiary alicyclic amines) is 1. The predicted molar refractivity (Wildman–Crippen MR) is 110 cm³/mol. The Kier molecular flexibility index (Phi) is 6.22. The fourth-order valence-corrected chi connectivity index (χ4v) is 4.29. The molecule has 1 N–H and O–H groups in total. The van der Waals surface area contributed by atoms with E-state index in [2.05, 4.69) is 5.32 Å². The average Bonchev–Trinajstić information content (AvgIpc) is 3.59. The number of piperidine rings is 1. The molecule has 4 nitrogen and oxygen atoms in total.